The molecule has 26 aromatic rings. The van der Waals surface area contributed by atoms with E-state index in [4.69, 9.17) is 9.97 Å². The molecule has 0 aliphatic carbocycles. The number of rotatable bonds is 12. The second-order valence-corrected chi connectivity index (χ2v) is 34.2. The molecule has 0 aliphatic rings. The fraction of sp³-hybridized carbons (Fsp3) is 0. The molecule has 0 fully saturated rings. The van der Waals surface area contributed by atoms with Gasteiger partial charge in [0.05, 0.1) is 66.9 Å². The molecule has 18 aromatic carbocycles. The van der Waals surface area contributed by atoms with Crippen molar-refractivity contribution in [3.8, 4) is 112 Å². The van der Waals surface area contributed by atoms with E-state index in [2.05, 4.69) is 165 Å². The predicted octanol–water partition coefficient (Wildman–Crippen LogP) is 32.4. The van der Waals surface area contributed by atoms with Crippen LogP contribution in [0, 0.1) is 46.5 Å². The molecule has 0 aliphatic heterocycles. The van der Waals surface area contributed by atoms with Crippen molar-refractivity contribution in [2.75, 3.05) is 0 Å². The maximum Gasteiger partial charge on any atom is 0.123 e. The molecule has 8 nitrogen and oxygen atoms in total. The van der Waals surface area contributed by atoms with Gasteiger partial charge in [-0.2, -0.15) is 0 Å². The molecule has 0 unspecified atom stereocenters. The van der Waals surface area contributed by atoms with E-state index >= 15 is 0 Å². The zero-order valence-electron chi connectivity index (χ0n) is 71.9. The minimum absolute atomic E-state index is 0.402. The largest absolute Gasteiger partial charge is 0.309 e. The molecule has 26 rings (SSSR count). The van der Waals surface area contributed by atoms with E-state index in [9.17, 15) is 35.1 Å². The second kappa shape index (κ2) is 32.1. The Labute approximate surface area is 770 Å². The van der Waals surface area contributed by atoms with Crippen LogP contribution in [0.2, 0.25) is 0 Å². The summed E-state index contributed by atoms with van der Waals surface area (Å²) in [4.78, 5) is 19.6. The first kappa shape index (κ1) is 80.3. The highest BCUT2D eigenvalue weighted by Crippen LogP contribution is 2.51. The average Bonchev–Trinajstić information content (AvgIpc) is 1.50. The van der Waals surface area contributed by atoms with Gasteiger partial charge in [-0.25, -0.2) is 35.1 Å². The van der Waals surface area contributed by atoms with Crippen LogP contribution in [0.4, 0.5) is 35.1 Å². The number of fused-ring (bicyclic) bond motifs is 16. The van der Waals surface area contributed by atoms with Crippen LogP contribution in [-0.2, 0) is 0 Å². The fourth-order valence-electron chi connectivity index (χ4n) is 20.5. The van der Waals surface area contributed by atoms with Crippen LogP contribution >= 0.6 is 0 Å². The first-order valence-corrected chi connectivity index (χ1v) is 44.4. The first-order chi connectivity index (χ1) is 66.7. The predicted molar refractivity (Wildman–Crippen MR) is 535 cm³/mol. The highest BCUT2D eigenvalue weighted by atomic mass is 19.2. The summed E-state index contributed by atoms with van der Waals surface area (Å²) >= 11 is 0. The van der Waals surface area contributed by atoms with E-state index in [0.717, 1.165) is 200 Å². The summed E-state index contributed by atoms with van der Waals surface area (Å²) in [5, 5.41) is 12.3. The van der Waals surface area contributed by atoms with Gasteiger partial charge in [-0.3, -0.25) is 19.9 Å². The molecule has 0 atom stereocenters. The summed E-state index contributed by atoms with van der Waals surface area (Å²) in [6.45, 7) is 0. The zero-order valence-corrected chi connectivity index (χ0v) is 71.9. The number of hydrogen-bond donors (Lipinski definition) is 0. The number of hydrogen-bond acceptors (Lipinski definition) is 4. The Morgan fingerprint density at radius 3 is 0.625 bits per heavy atom. The molecule has 644 valence electrons. The van der Waals surface area contributed by atoms with Crippen LogP contribution in [0.5, 0.6) is 0 Å². The van der Waals surface area contributed by atoms with Gasteiger partial charge in [0.25, 0.3) is 0 Å². The van der Waals surface area contributed by atoms with Crippen molar-refractivity contribution in [2.45, 2.75) is 0 Å². The molecule has 16 heteroatoms. The van der Waals surface area contributed by atoms with Crippen LogP contribution in [0.3, 0.4) is 0 Å². The molecular formula is C120H68F8N8. The number of pyridine rings is 4. The summed E-state index contributed by atoms with van der Waals surface area (Å²) in [5.74, 6) is -3.25. The summed E-state index contributed by atoms with van der Waals surface area (Å²) in [5.41, 5.74) is 23.9. The first-order valence-electron chi connectivity index (χ1n) is 44.4. The van der Waals surface area contributed by atoms with E-state index in [1.807, 2.05) is 119 Å². The van der Waals surface area contributed by atoms with Gasteiger partial charge in [0, 0.05) is 124 Å². The van der Waals surface area contributed by atoms with E-state index in [1.54, 1.807) is 60.9 Å². The number of benzene rings is 18. The molecule has 0 radical (unpaired) electrons. The second-order valence-electron chi connectivity index (χ2n) is 34.2. The van der Waals surface area contributed by atoms with Gasteiger partial charge in [0.2, 0.25) is 0 Å². The van der Waals surface area contributed by atoms with Gasteiger partial charge in [-0.1, -0.05) is 158 Å². The molecule has 0 bridgehead atoms. The van der Waals surface area contributed by atoms with Gasteiger partial charge in [-0.05, 0) is 307 Å². The standard InChI is InChI=1S/2C60H34F4N4/c61-39-15-23-55-47(29-39)48-30-40(62)16-24-56(48)67(55)43-20-22-46-51(33-43)59(37-11-7-35(8-12-37)53-5-1-3-27-65-53)45-21-19-44(68-57-25-17-41(63)31-49(57)50-32-42(64)18-26-58(50)68)34-52(45)60(46)38-13-9-36(10-14-38)54-6-2-4-28-66-54;61-39-13-23-55-47(27-39)48-28-40(62)14-24-56(48)67(55)43-18-20-46-51(31-43)59(53-21-11-37(33-65-53)35-7-3-1-4-8-35)45-19-17-44(68-57-25-15-41(63)29-49(57)50-30-42(64)16-26-58(50)68)32-52(45)60(46)54-22-12-38(34-66-54)36-9-5-2-6-10-36/h2*1-34H. The fourth-order valence-corrected chi connectivity index (χ4v) is 20.5. The Morgan fingerprint density at radius 2 is 0.382 bits per heavy atom. The molecule has 0 spiro atoms. The minimum atomic E-state index is -0.409. The van der Waals surface area contributed by atoms with Crippen molar-refractivity contribution in [1.82, 2.24) is 38.2 Å². The Balaban J connectivity index is 0.000000145. The molecule has 0 saturated carbocycles. The molecule has 0 amide bonds. The Morgan fingerprint density at radius 1 is 0.147 bits per heavy atom. The molecule has 136 heavy (non-hydrogen) atoms. The quantitative estimate of drug-likeness (QED) is 0.0903. The summed E-state index contributed by atoms with van der Waals surface area (Å²) < 4.78 is 127. The summed E-state index contributed by atoms with van der Waals surface area (Å²) in [6.07, 6.45) is 7.36. The molecule has 8 heterocycles. The number of nitrogens with zero attached hydrogens (tertiary/aromatic N) is 8. The normalized spacial score (nSPS) is 11.8. The van der Waals surface area contributed by atoms with Gasteiger partial charge >= 0.3 is 0 Å². The van der Waals surface area contributed by atoms with Crippen LogP contribution in [0.25, 0.3) is 243 Å². The van der Waals surface area contributed by atoms with Gasteiger partial charge in [0.15, 0.2) is 0 Å². The Kier molecular flexibility index (Phi) is 18.9. The van der Waals surface area contributed by atoms with Crippen LogP contribution in [-0.4, -0.2) is 38.2 Å². The number of halogens is 8. The molecule has 0 N–H and O–H groups in total. The third-order valence-corrected chi connectivity index (χ3v) is 26.5. The SMILES string of the molecule is Fc1ccc2c(c1)c1cc(F)ccc1n2-c1ccc2c(-c3ccc(-c4ccccc4)cn3)c3cc(-n4c5ccc(F)cc5c5cc(F)ccc54)ccc3c(-c3ccc(-c4ccccc4)cn3)c2c1.Fc1ccc2c(c1)c1cc(F)ccc1n2-c1ccc2c(-c3ccc(-c4ccccn4)cc3)c3cc(-n4c5ccc(F)cc5c5cc(F)ccc54)ccc3c(-c3ccc(-c4ccccn4)cc3)c2c1. The van der Waals surface area contributed by atoms with E-state index in [1.165, 1.54) is 97.1 Å². The third-order valence-electron chi connectivity index (χ3n) is 26.5. The topological polar surface area (TPSA) is 71.3 Å². The van der Waals surface area contributed by atoms with Crippen molar-refractivity contribution in [3.63, 3.8) is 0 Å². The van der Waals surface area contributed by atoms with E-state index in [-0.39, 0.29) is 0 Å². The molecule has 0 saturated heterocycles. The smallest absolute Gasteiger partial charge is 0.123 e. The average molecular weight is 1770 g/mol. The van der Waals surface area contributed by atoms with Gasteiger partial charge < -0.3 is 18.3 Å². The van der Waals surface area contributed by atoms with E-state index in [0.29, 0.717) is 43.1 Å². The Bertz CT molecular complexity index is 8090. The lowest BCUT2D eigenvalue weighted by Crippen LogP contribution is -1.99. The zero-order chi connectivity index (χ0) is 91.2. The maximum atomic E-state index is 14.9. The summed E-state index contributed by atoms with van der Waals surface area (Å²) in [6, 6.07) is 119. The number of aromatic nitrogens is 8. The van der Waals surface area contributed by atoms with Crippen LogP contribution < -0.4 is 0 Å². The lowest BCUT2D eigenvalue weighted by Gasteiger charge is -2.21. The van der Waals surface area contributed by atoms with Crippen LogP contribution in [0.15, 0.2) is 413 Å². The monoisotopic (exact) mass is 1770 g/mol. The van der Waals surface area contributed by atoms with Crippen molar-refractivity contribution < 1.29 is 35.1 Å². The molecular weight excluding hydrogens is 1710 g/mol. The maximum absolute atomic E-state index is 14.9. The van der Waals surface area contributed by atoms with Crippen LogP contribution in [0.1, 0.15) is 0 Å². The minimum Gasteiger partial charge on any atom is -0.309 e. The highest BCUT2D eigenvalue weighted by molar-refractivity contribution is 6.25. The van der Waals surface area contributed by atoms with Crippen molar-refractivity contribution >= 4 is 130 Å². The van der Waals surface area contributed by atoms with Crippen molar-refractivity contribution in [2.24, 2.45) is 0 Å². The lowest BCUT2D eigenvalue weighted by molar-refractivity contribution is 0.628. The van der Waals surface area contributed by atoms with Crippen molar-refractivity contribution in [3.05, 3.63) is 460 Å². The van der Waals surface area contributed by atoms with E-state index < -0.39 is 46.5 Å². The van der Waals surface area contributed by atoms with Crippen molar-refractivity contribution in [1.29, 1.82) is 0 Å². The lowest BCUT2D eigenvalue weighted by atomic mass is 9.85. The molecule has 8 aromatic heterocycles. The van der Waals surface area contributed by atoms with Gasteiger partial charge in [-0.15, -0.1) is 0 Å². The summed E-state index contributed by atoms with van der Waals surface area (Å²) in [7, 11) is 0. The third kappa shape index (κ3) is 13.5. The highest BCUT2D eigenvalue weighted by Gasteiger charge is 2.28. The van der Waals surface area contributed by atoms with Gasteiger partial charge in [0.1, 0.15) is 46.5 Å². The Hall–Kier alpha value is -17.8.